The van der Waals surface area contributed by atoms with Gasteiger partial charge in [-0.2, -0.15) is 5.10 Å². The van der Waals surface area contributed by atoms with Gasteiger partial charge in [0.2, 0.25) is 0 Å². The zero-order valence-electron chi connectivity index (χ0n) is 11.3. The molecule has 0 atom stereocenters. The molecule has 0 radical (unpaired) electrons. The van der Waals surface area contributed by atoms with E-state index in [4.69, 9.17) is 0 Å². The van der Waals surface area contributed by atoms with Gasteiger partial charge >= 0.3 is 5.97 Å². The predicted octanol–water partition coefficient (Wildman–Crippen LogP) is 1.92. The third kappa shape index (κ3) is 2.33. The molecule has 0 amide bonds. The quantitative estimate of drug-likeness (QED) is 0.789. The van der Waals surface area contributed by atoms with Crippen molar-refractivity contribution in [1.82, 2.24) is 24.7 Å². The largest absolute Gasteiger partial charge is 0.478 e. The Labute approximate surface area is 124 Å². The smallest absolute Gasteiger partial charge is 0.338 e. The monoisotopic (exact) mass is 301 g/mol. The van der Waals surface area contributed by atoms with Crippen molar-refractivity contribution in [3.8, 4) is 0 Å². The molecular formula is C13H11N5O2S. The minimum absolute atomic E-state index is 0.134. The van der Waals surface area contributed by atoms with E-state index in [2.05, 4.69) is 20.1 Å². The fourth-order valence-electron chi connectivity index (χ4n) is 2.08. The van der Waals surface area contributed by atoms with E-state index in [0.29, 0.717) is 15.6 Å². The van der Waals surface area contributed by atoms with Crippen LogP contribution in [0.5, 0.6) is 0 Å². The minimum Gasteiger partial charge on any atom is -0.478 e. The van der Waals surface area contributed by atoms with Gasteiger partial charge in [-0.1, -0.05) is 11.8 Å². The molecule has 0 fully saturated rings. The third-order valence-electron chi connectivity index (χ3n) is 2.96. The molecule has 0 bridgehead atoms. The number of hydrogen-bond donors (Lipinski definition) is 1. The molecule has 0 spiro atoms. The van der Waals surface area contributed by atoms with Crippen molar-refractivity contribution >= 4 is 28.8 Å². The first-order chi connectivity index (χ1) is 10.1. The molecule has 0 aliphatic rings. The first-order valence-corrected chi connectivity index (χ1v) is 6.89. The Morgan fingerprint density at radius 1 is 1.29 bits per heavy atom. The predicted molar refractivity (Wildman–Crippen MR) is 76.4 cm³/mol. The van der Waals surface area contributed by atoms with Gasteiger partial charge in [-0.15, -0.1) is 0 Å². The lowest BCUT2D eigenvalue weighted by molar-refractivity contribution is 0.0693. The first kappa shape index (κ1) is 13.5. The number of rotatable bonds is 3. The Morgan fingerprint density at radius 3 is 2.76 bits per heavy atom. The summed E-state index contributed by atoms with van der Waals surface area (Å²) < 4.78 is 1.64. The molecule has 0 unspecified atom stereocenters. The zero-order chi connectivity index (χ0) is 15.0. The number of hydrogen-bond acceptors (Lipinski definition) is 6. The molecular weight excluding hydrogens is 290 g/mol. The van der Waals surface area contributed by atoms with Crippen LogP contribution in [0.15, 0.2) is 34.7 Å². The number of carbonyl (C=O) groups is 1. The number of pyridine rings is 1. The second-order valence-electron chi connectivity index (χ2n) is 4.36. The molecule has 0 saturated heterocycles. The van der Waals surface area contributed by atoms with E-state index in [1.807, 2.05) is 6.92 Å². The topological polar surface area (TPSA) is 93.8 Å². The first-order valence-electron chi connectivity index (χ1n) is 6.07. The Bertz CT molecular complexity index is 831. The molecule has 7 nitrogen and oxygen atoms in total. The summed E-state index contributed by atoms with van der Waals surface area (Å²) in [5.41, 5.74) is 1.51. The van der Waals surface area contributed by atoms with Crippen LogP contribution >= 0.6 is 11.8 Å². The fourth-order valence-corrected chi connectivity index (χ4v) is 3.11. The number of carboxylic acid groups (broad SMARTS) is 1. The van der Waals surface area contributed by atoms with Gasteiger partial charge < -0.3 is 5.11 Å². The minimum atomic E-state index is -1.03. The Kier molecular flexibility index (Phi) is 3.30. The highest BCUT2D eigenvalue weighted by Gasteiger charge is 2.20. The number of fused-ring (bicyclic) bond motifs is 1. The second kappa shape index (κ2) is 5.13. The number of carboxylic acids is 1. The molecule has 0 saturated carbocycles. The van der Waals surface area contributed by atoms with Crippen LogP contribution in [0.3, 0.4) is 0 Å². The van der Waals surface area contributed by atoms with Crippen LogP contribution in [0.25, 0.3) is 11.0 Å². The normalized spacial score (nSPS) is 11.0. The fraction of sp³-hybridized carbons (Fsp3) is 0.154. The summed E-state index contributed by atoms with van der Waals surface area (Å²) in [6.45, 7) is 1.83. The second-order valence-corrected chi connectivity index (χ2v) is 5.39. The molecule has 3 heterocycles. The van der Waals surface area contributed by atoms with Gasteiger partial charge in [0, 0.05) is 30.5 Å². The van der Waals surface area contributed by atoms with Crippen LogP contribution in [0.1, 0.15) is 16.1 Å². The van der Waals surface area contributed by atoms with Crippen molar-refractivity contribution in [1.29, 1.82) is 0 Å². The number of aryl methyl sites for hydroxylation is 2. The summed E-state index contributed by atoms with van der Waals surface area (Å²) in [6, 6.07) is 0. The summed E-state index contributed by atoms with van der Waals surface area (Å²) in [6.07, 6.45) is 6.08. The maximum absolute atomic E-state index is 11.5. The zero-order valence-corrected chi connectivity index (χ0v) is 12.1. The van der Waals surface area contributed by atoms with E-state index < -0.39 is 5.97 Å². The molecule has 0 aromatic carbocycles. The number of aromatic nitrogens is 5. The summed E-state index contributed by atoms with van der Waals surface area (Å²) in [5.74, 6) is -1.03. The standard InChI is InChI=1S/C13H11N5O2S/c1-7-10-11(21-9-6-14-3-4-15-9)8(13(19)20)5-16-12(10)18(2)17-7/h3-6H,1-2H3,(H,19,20). The van der Waals surface area contributed by atoms with Crippen LogP contribution < -0.4 is 0 Å². The molecule has 1 N–H and O–H groups in total. The van der Waals surface area contributed by atoms with Crippen LogP contribution in [-0.2, 0) is 7.05 Å². The molecule has 3 aromatic heterocycles. The van der Waals surface area contributed by atoms with Crippen molar-refractivity contribution in [3.63, 3.8) is 0 Å². The van der Waals surface area contributed by atoms with Gasteiger partial charge in [0.1, 0.15) is 5.03 Å². The van der Waals surface area contributed by atoms with Gasteiger partial charge in [0.15, 0.2) is 5.65 Å². The summed E-state index contributed by atoms with van der Waals surface area (Å²) in [5, 5.41) is 15.0. The van der Waals surface area contributed by atoms with Crippen LogP contribution in [0.4, 0.5) is 0 Å². The summed E-state index contributed by atoms with van der Waals surface area (Å²) in [4.78, 5) is 24.4. The van der Waals surface area contributed by atoms with E-state index in [0.717, 1.165) is 11.1 Å². The van der Waals surface area contributed by atoms with E-state index >= 15 is 0 Å². The summed E-state index contributed by atoms with van der Waals surface area (Å²) in [7, 11) is 1.78. The third-order valence-corrected chi connectivity index (χ3v) is 4.00. The molecule has 8 heteroatoms. The van der Waals surface area contributed by atoms with E-state index in [-0.39, 0.29) is 5.56 Å². The van der Waals surface area contributed by atoms with Crippen molar-refractivity contribution in [2.24, 2.45) is 7.05 Å². The molecule has 0 aliphatic carbocycles. The highest BCUT2D eigenvalue weighted by atomic mass is 32.2. The Balaban J connectivity index is 2.26. The Hall–Kier alpha value is -2.48. The lowest BCUT2D eigenvalue weighted by atomic mass is 10.2. The van der Waals surface area contributed by atoms with Crippen molar-refractivity contribution in [3.05, 3.63) is 36.0 Å². The Morgan fingerprint density at radius 2 is 2.10 bits per heavy atom. The molecule has 0 aliphatic heterocycles. The molecule has 106 valence electrons. The number of nitrogens with zero attached hydrogens (tertiary/aromatic N) is 5. The molecule has 3 rings (SSSR count). The van der Waals surface area contributed by atoms with Gasteiger partial charge in [-0.05, 0) is 6.92 Å². The van der Waals surface area contributed by atoms with Crippen molar-refractivity contribution < 1.29 is 9.90 Å². The van der Waals surface area contributed by atoms with Crippen molar-refractivity contribution in [2.75, 3.05) is 0 Å². The lowest BCUT2D eigenvalue weighted by Gasteiger charge is -2.07. The van der Waals surface area contributed by atoms with E-state index in [9.17, 15) is 9.90 Å². The van der Waals surface area contributed by atoms with Gasteiger partial charge in [-0.25, -0.2) is 14.8 Å². The maximum atomic E-state index is 11.5. The van der Waals surface area contributed by atoms with E-state index in [1.165, 1.54) is 18.0 Å². The average Bonchev–Trinajstić information content (AvgIpc) is 2.75. The lowest BCUT2D eigenvalue weighted by Crippen LogP contribution is -2.02. The maximum Gasteiger partial charge on any atom is 0.338 e. The number of aromatic carboxylic acids is 1. The highest BCUT2D eigenvalue weighted by molar-refractivity contribution is 7.99. The average molecular weight is 301 g/mol. The van der Waals surface area contributed by atoms with Gasteiger partial charge in [-0.3, -0.25) is 9.67 Å². The van der Waals surface area contributed by atoms with Crippen molar-refractivity contribution in [2.45, 2.75) is 16.8 Å². The SMILES string of the molecule is Cc1nn(C)c2ncc(C(=O)O)c(Sc3cnccn3)c12. The van der Waals surface area contributed by atoms with Crippen LogP contribution in [0, 0.1) is 6.92 Å². The van der Waals surface area contributed by atoms with Gasteiger partial charge in [0.05, 0.1) is 22.8 Å². The van der Waals surface area contributed by atoms with Crippen LogP contribution in [-0.4, -0.2) is 35.8 Å². The van der Waals surface area contributed by atoms with Gasteiger partial charge in [0.25, 0.3) is 0 Å². The molecule has 21 heavy (non-hydrogen) atoms. The highest BCUT2D eigenvalue weighted by Crippen LogP contribution is 2.35. The van der Waals surface area contributed by atoms with Crippen LogP contribution in [0.2, 0.25) is 0 Å². The van der Waals surface area contributed by atoms with E-state index in [1.54, 1.807) is 30.3 Å². The summed E-state index contributed by atoms with van der Waals surface area (Å²) >= 11 is 1.25. The molecule has 3 aromatic rings.